The van der Waals surface area contributed by atoms with Gasteiger partial charge in [0, 0.05) is 80.8 Å². The van der Waals surface area contributed by atoms with E-state index in [1.165, 1.54) is 18.3 Å². The van der Waals surface area contributed by atoms with Crippen molar-refractivity contribution in [2.45, 2.75) is 77.3 Å². The highest BCUT2D eigenvalue weighted by molar-refractivity contribution is 6.19. The first-order valence-corrected chi connectivity index (χ1v) is 21.1. The number of aliphatic imine (C=N–C) groups is 1. The fraction of sp³-hybridized carbons (Fsp3) is 0.444. The van der Waals surface area contributed by atoms with Crippen molar-refractivity contribution in [1.29, 1.82) is 0 Å². The molecule has 4 aliphatic heterocycles. The van der Waals surface area contributed by atoms with E-state index >= 15 is 8.78 Å². The number of amides is 4. The number of carbonyl (C=O) groups is 4. The average Bonchev–Trinajstić information content (AvgIpc) is 3.81. The lowest BCUT2D eigenvalue weighted by atomic mass is 9.88. The first-order chi connectivity index (χ1) is 29.4. The Morgan fingerprint density at radius 2 is 1.80 bits per heavy atom. The van der Waals surface area contributed by atoms with Gasteiger partial charge in [0.25, 0.3) is 11.8 Å². The Balaban J connectivity index is 0.962. The summed E-state index contributed by atoms with van der Waals surface area (Å²) in [5.41, 5.74) is 10.1. The summed E-state index contributed by atoms with van der Waals surface area (Å²) in [6.45, 7) is 7.61. The summed E-state index contributed by atoms with van der Waals surface area (Å²) in [5, 5.41) is 5.21. The summed E-state index contributed by atoms with van der Waals surface area (Å²) >= 11 is 0. The predicted octanol–water partition coefficient (Wildman–Crippen LogP) is 5.34. The maximum absolute atomic E-state index is 15.2. The van der Waals surface area contributed by atoms with E-state index < -0.39 is 29.4 Å². The molecule has 2 bridgehead atoms. The van der Waals surface area contributed by atoms with Gasteiger partial charge in [0.1, 0.15) is 11.6 Å². The summed E-state index contributed by atoms with van der Waals surface area (Å²) in [7, 11) is 1.63. The number of hydrogen-bond acceptors (Lipinski definition) is 10. The standard InChI is InChI=1S/C45H51F2N9O5/c1-25-5-4-16-61-43(49-3)32(22-48)36-20-30(17-26(2)50-36)41(58)53-45-51-35-8-6-28(21-38(35)56(45)23-25)44(60)55-15-11-29-24-54(14-12-37(29)55)13-10-27-18-33(46)40(34(47)19-27)31-7-9-39(57)52-42(31)59/h6,8,17-22,25,29,31,37H,4-5,7,9-16,23-24,48H2,1-3H3,(H,51,53,58)(H,52,57,59)/t25-,29+,31-,37-/m1/s1. The minimum atomic E-state index is -1.03. The van der Waals surface area contributed by atoms with Crippen molar-refractivity contribution in [3.8, 4) is 0 Å². The predicted molar refractivity (Wildman–Crippen MR) is 226 cm³/mol. The highest BCUT2D eigenvalue weighted by atomic mass is 19.1. The molecule has 14 nitrogen and oxygen atoms in total. The number of fused-ring (bicyclic) bond motifs is 6. The molecule has 6 heterocycles. The van der Waals surface area contributed by atoms with E-state index in [9.17, 15) is 19.2 Å². The molecule has 4 amide bonds. The van der Waals surface area contributed by atoms with Crippen molar-refractivity contribution in [1.82, 2.24) is 29.7 Å². The van der Waals surface area contributed by atoms with Gasteiger partial charge in [0.05, 0.1) is 34.8 Å². The first-order valence-electron chi connectivity index (χ1n) is 21.1. The van der Waals surface area contributed by atoms with Crippen LogP contribution in [0.25, 0.3) is 16.6 Å². The van der Waals surface area contributed by atoms with Crippen molar-refractivity contribution in [2.24, 2.45) is 22.6 Å². The van der Waals surface area contributed by atoms with Crippen LogP contribution in [0.2, 0.25) is 0 Å². The van der Waals surface area contributed by atoms with Crippen molar-refractivity contribution >= 4 is 52.1 Å². The number of nitrogens with zero attached hydrogens (tertiary/aromatic N) is 6. The summed E-state index contributed by atoms with van der Waals surface area (Å²) in [5.74, 6) is -2.96. The van der Waals surface area contributed by atoms with Crippen molar-refractivity contribution < 1.29 is 32.7 Å². The summed E-state index contributed by atoms with van der Waals surface area (Å²) in [4.78, 5) is 70.0. The summed E-state index contributed by atoms with van der Waals surface area (Å²) < 4.78 is 38.4. The number of hydrogen-bond donors (Lipinski definition) is 3. The lowest BCUT2D eigenvalue weighted by Gasteiger charge is -2.38. The van der Waals surface area contributed by atoms with E-state index in [1.807, 2.05) is 21.6 Å². The molecule has 0 radical (unpaired) electrons. The quantitative estimate of drug-likeness (QED) is 0.224. The van der Waals surface area contributed by atoms with Crippen molar-refractivity contribution in [3.63, 3.8) is 0 Å². The van der Waals surface area contributed by atoms with E-state index in [1.54, 1.807) is 32.2 Å². The van der Waals surface area contributed by atoms with E-state index in [0.717, 1.165) is 44.3 Å². The fourth-order valence-electron chi connectivity index (χ4n) is 9.43. The van der Waals surface area contributed by atoms with Crippen LogP contribution in [0.15, 0.2) is 53.7 Å². The van der Waals surface area contributed by atoms with E-state index in [-0.39, 0.29) is 48.1 Å². The molecule has 4 aromatic rings. The number of imidazole rings is 1. The summed E-state index contributed by atoms with van der Waals surface area (Å²) in [6, 6.07) is 11.5. The minimum absolute atomic E-state index is 0.0389. The highest BCUT2D eigenvalue weighted by Crippen LogP contribution is 2.35. The average molecular weight is 836 g/mol. The van der Waals surface area contributed by atoms with Crippen LogP contribution >= 0.6 is 0 Å². The number of benzene rings is 2. The van der Waals surface area contributed by atoms with Gasteiger partial charge in [-0.15, -0.1) is 0 Å². The first kappa shape index (κ1) is 41.7. The number of imide groups is 1. The Labute approximate surface area is 352 Å². The van der Waals surface area contributed by atoms with Crippen LogP contribution < -0.4 is 16.4 Å². The maximum atomic E-state index is 15.2. The molecule has 3 saturated heterocycles. The maximum Gasteiger partial charge on any atom is 0.258 e. The molecule has 0 saturated carbocycles. The molecular formula is C45H51F2N9O5. The second kappa shape index (κ2) is 17.5. The SMILES string of the molecule is CN=C1OCCC[C@@H](C)Cn2c(nc3ccc(C(=O)N4CC[C@H]5CN(CCc6cc(F)c([C@H]7CCC(=O)NC7=O)c(F)c6)CC[C@H]54)cc32)NC(=O)c2cc(C)nc(c2)C1=CN. The van der Waals surface area contributed by atoms with Gasteiger partial charge in [0.2, 0.25) is 23.7 Å². The third-order valence-corrected chi connectivity index (χ3v) is 12.5. The Morgan fingerprint density at radius 1 is 1.00 bits per heavy atom. The normalized spacial score (nSPS) is 24.1. The lowest BCUT2D eigenvalue weighted by molar-refractivity contribution is -0.134. The number of pyridine rings is 1. The zero-order chi connectivity index (χ0) is 42.9. The molecule has 4 aliphatic rings. The topological polar surface area (TPSA) is 177 Å². The van der Waals surface area contributed by atoms with Gasteiger partial charge >= 0.3 is 0 Å². The van der Waals surface area contributed by atoms with Gasteiger partial charge in [-0.2, -0.15) is 0 Å². The van der Waals surface area contributed by atoms with Crippen LogP contribution in [0, 0.1) is 30.4 Å². The minimum Gasteiger partial charge on any atom is -0.477 e. The molecule has 2 aromatic carbocycles. The van der Waals surface area contributed by atoms with E-state index in [4.69, 9.17) is 15.5 Å². The Kier molecular flexibility index (Phi) is 12.0. The van der Waals surface area contributed by atoms with Crippen LogP contribution in [0.4, 0.5) is 14.7 Å². The molecule has 8 rings (SSSR count). The van der Waals surface area contributed by atoms with Gasteiger partial charge in [-0.05, 0) is 105 Å². The highest BCUT2D eigenvalue weighted by Gasteiger charge is 2.41. The van der Waals surface area contributed by atoms with Crippen molar-refractivity contribution in [3.05, 3.63) is 93.9 Å². The molecule has 0 unspecified atom stereocenters. The van der Waals surface area contributed by atoms with E-state index in [2.05, 4.69) is 32.4 Å². The number of ether oxygens (including phenoxy) is 1. The number of halogens is 2. The number of nitrogens with two attached hydrogens (primary N) is 1. The number of carbonyl (C=O) groups excluding carboxylic acids is 4. The molecule has 3 fully saturated rings. The second-order valence-corrected chi connectivity index (χ2v) is 16.7. The van der Waals surface area contributed by atoms with Crippen LogP contribution in [0.1, 0.15) is 94.6 Å². The lowest BCUT2D eigenvalue weighted by Crippen LogP contribution is -2.48. The molecule has 4 N–H and O–H groups in total. The number of nitrogens with one attached hydrogen (secondary N) is 2. The number of anilines is 1. The second-order valence-electron chi connectivity index (χ2n) is 16.7. The largest absolute Gasteiger partial charge is 0.477 e. The Bertz CT molecular complexity index is 2440. The monoisotopic (exact) mass is 835 g/mol. The molecule has 16 heteroatoms. The van der Waals surface area contributed by atoms with Crippen LogP contribution in [-0.4, -0.2) is 99.7 Å². The van der Waals surface area contributed by atoms with Gasteiger partial charge in [-0.3, -0.25) is 39.8 Å². The third kappa shape index (κ3) is 8.63. The molecule has 61 heavy (non-hydrogen) atoms. The molecule has 0 aliphatic carbocycles. The van der Waals surface area contributed by atoms with Crippen LogP contribution in [-0.2, 0) is 27.3 Å². The smallest absolute Gasteiger partial charge is 0.258 e. The number of rotatable bonds is 5. The van der Waals surface area contributed by atoms with Gasteiger partial charge in [-0.25, -0.2) is 13.8 Å². The third-order valence-electron chi connectivity index (χ3n) is 12.5. The fourth-order valence-corrected chi connectivity index (χ4v) is 9.43. The van der Waals surface area contributed by atoms with E-state index in [0.29, 0.717) is 83.7 Å². The van der Waals surface area contributed by atoms with Gasteiger partial charge < -0.3 is 24.8 Å². The molecule has 2 aromatic heterocycles. The van der Waals surface area contributed by atoms with Crippen LogP contribution in [0.3, 0.4) is 0 Å². The number of piperidine rings is 2. The molecule has 0 spiro atoms. The Hall–Kier alpha value is -6.03. The zero-order valence-corrected chi connectivity index (χ0v) is 34.7. The molecule has 4 atom stereocenters. The molecule has 320 valence electrons. The number of likely N-dealkylation sites (tertiary alicyclic amines) is 2. The number of aromatic nitrogens is 3. The Morgan fingerprint density at radius 3 is 2.56 bits per heavy atom. The van der Waals surface area contributed by atoms with Crippen LogP contribution in [0.5, 0.6) is 0 Å². The van der Waals surface area contributed by atoms with Crippen molar-refractivity contribution in [2.75, 3.05) is 45.2 Å². The van der Waals surface area contributed by atoms with Gasteiger partial charge in [0.15, 0.2) is 0 Å². The summed E-state index contributed by atoms with van der Waals surface area (Å²) in [6.07, 6.45) is 5.11. The number of aryl methyl sites for hydroxylation is 1. The van der Waals surface area contributed by atoms with Gasteiger partial charge in [-0.1, -0.05) is 6.92 Å². The zero-order valence-electron chi connectivity index (χ0n) is 34.7. The molecular weight excluding hydrogens is 785 g/mol.